The van der Waals surface area contributed by atoms with Crippen molar-refractivity contribution in [2.45, 2.75) is 13.5 Å². The number of aromatic nitrogens is 2. The highest BCUT2D eigenvalue weighted by Gasteiger charge is 2.05. The van der Waals surface area contributed by atoms with Gasteiger partial charge in [0, 0.05) is 6.20 Å². The van der Waals surface area contributed by atoms with Gasteiger partial charge in [-0.25, -0.2) is 4.98 Å². The number of aldehydes is 1. The Hall–Kier alpha value is -1.84. The second-order valence-corrected chi connectivity index (χ2v) is 3.03. The van der Waals surface area contributed by atoms with E-state index < -0.39 is 0 Å². The van der Waals surface area contributed by atoms with Crippen LogP contribution in [0.25, 0.3) is 0 Å². The van der Waals surface area contributed by atoms with Gasteiger partial charge in [-0.2, -0.15) is 0 Å². The van der Waals surface area contributed by atoms with Gasteiger partial charge in [-0.15, -0.1) is 0 Å². The van der Waals surface area contributed by atoms with Gasteiger partial charge in [0.1, 0.15) is 11.5 Å². The maximum Gasteiger partial charge on any atom is 0.181 e. The summed E-state index contributed by atoms with van der Waals surface area (Å²) in [7, 11) is 0. The summed E-state index contributed by atoms with van der Waals surface area (Å²) in [6, 6.07) is 3.60. The van der Waals surface area contributed by atoms with E-state index in [0.717, 1.165) is 17.7 Å². The van der Waals surface area contributed by atoms with Gasteiger partial charge in [-0.3, -0.25) is 4.79 Å². The lowest BCUT2D eigenvalue weighted by atomic mass is 10.3. The van der Waals surface area contributed by atoms with E-state index in [1.165, 1.54) is 6.39 Å². The highest BCUT2D eigenvalue weighted by Crippen LogP contribution is 2.08. The molecule has 0 aliphatic heterocycles. The number of hydrogen-bond donors (Lipinski definition) is 0. The van der Waals surface area contributed by atoms with Gasteiger partial charge in [-0.1, -0.05) is 0 Å². The van der Waals surface area contributed by atoms with Gasteiger partial charge >= 0.3 is 0 Å². The minimum absolute atomic E-state index is 0.573. The molecule has 0 saturated heterocycles. The number of nitrogens with zero attached hydrogens (tertiary/aromatic N) is 2. The fraction of sp³-hybridized carbons (Fsp3) is 0.200. The topological polar surface area (TPSA) is 48.0 Å². The van der Waals surface area contributed by atoms with Crippen molar-refractivity contribution in [3.63, 3.8) is 0 Å². The summed E-state index contributed by atoms with van der Waals surface area (Å²) in [6.45, 7) is 2.43. The van der Waals surface area contributed by atoms with Crippen LogP contribution in [0.15, 0.2) is 29.1 Å². The summed E-state index contributed by atoms with van der Waals surface area (Å²) in [6.07, 6.45) is 4.09. The Morgan fingerprint density at radius 2 is 2.50 bits per heavy atom. The van der Waals surface area contributed by atoms with Gasteiger partial charge in [0.25, 0.3) is 0 Å². The third-order valence-electron chi connectivity index (χ3n) is 2.15. The van der Waals surface area contributed by atoms with Crippen molar-refractivity contribution in [3.05, 3.63) is 41.9 Å². The summed E-state index contributed by atoms with van der Waals surface area (Å²) >= 11 is 0. The largest absolute Gasteiger partial charge is 0.448 e. The highest BCUT2D eigenvalue weighted by molar-refractivity contribution is 5.72. The summed E-state index contributed by atoms with van der Waals surface area (Å²) in [5.41, 5.74) is 1.50. The molecule has 0 aromatic carbocycles. The van der Waals surface area contributed by atoms with Crippen molar-refractivity contribution < 1.29 is 9.21 Å². The van der Waals surface area contributed by atoms with Crippen molar-refractivity contribution in [2.75, 3.05) is 0 Å². The molecule has 0 unspecified atom stereocenters. The van der Waals surface area contributed by atoms with Crippen LogP contribution in [0.4, 0.5) is 0 Å². The zero-order valence-electron chi connectivity index (χ0n) is 7.80. The van der Waals surface area contributed by atoms with Crippen LogP contribution in [-0.4, -0.2) is 15.8 Å². The molecule has 0 bridgehead atoms. The first kappa shape index (κ1) is 8.74. The van der Waals surface area contributed by atoms with Crippen LogP contribution < -0.4 is 0 Å². The van der Waals surface area contributed by atoms with E-state index in [2.05, 4.69) is 4.98 Å². The number of hydrogen-bond acceptors (Lipinski definition) is 3. The molecule has 0 aliphatic carbocycles. The van der Waals surface area contributed by atoms with Crippen LogP contribution in [0.2, 0.25) is 0 Å². The van der Waals surface area contributed by atoms with Crippen molar-refractivity contribution in [1.82, 2.24) is 9.55 Å². The van der Waals surface area contributed by atoms with Crippen LogP contribution in [0.1, 0.15) is 21.9 Å². The van der Waals surface area contributed by atoms with Gasteiger partial charge < -0.3 is 8.98 Å². The van der Waals surface area contributed by atoms with Crippen LogP contribution in [0.3, 0.4) is 0 Å². The zero-order chi connectivity index (χ0) is 9.97. The number of carbonyl (C=O) groups is 1. The Kier molecular flexibility index (Phi) is 2.18. The van der Waals surface area contributed by atoms with Crippen LogP contribution in [0, 0.1) is 6.92 Å². The van der Waals surface area contributed by atoms with Gasteiger partial charge in [0.2, 0.25) is 0 Å². The average Bonchev–Trinajstić information content (AvgIpc) is 2.77. The Morgan fingerprint density at radius 3 is 3.14 bits per heavy atom. The molecule has 2 rings (SSSR count). The molecule has 0 spiro atoms. The standard InChI is InChI=1S/C10H10N2O2/c1-8-10(11-7-14-8)5-12-4-2-3-9(12)6-13/h2-4,6-7H,5H2,1H3. The minimum Gasteiger partial charge on any atom is -0.448 e. The Balaban J connectivity index is 2.27. The zero-order valence-corrected chi connectivity index (χ0v) is 7.80. The average molecular weight is 190 g/mol. The predicted octanol–water partition coefficient (Wildman–Crippen LogP) is 1.65. The maximum absolute atomic E-state index is 10.6. The fourth-order valence-corrected chi connectivity index (χ4v) is 1.32. The highest BCUT2D eigenvalue weighted by atomic mass is 16.3. The molecule has 4 heteroatoms. The minimum atomic E-state index is 0.573. The van der Waals surface area contributed by atoms with E-state index >= 15 is 0 Å². The molecular weight excluding hydrogens is 180 g/mol. The van der Waals surface area contributed by atoms with Crippen molar-refractivity contribution in [3.8, 4) is 0 Å². The van der Waals surface area contributed by atoms with Crippen LogP contribution in [0.5, 0.6) is 0 Å². The monoisotopic (exact) mass is 190 g/mol. The molecule has 0 aliphatic rings. The first-order valence-corrected chi connectivity index (χ1v) is 4.30. The molecule has 4 nitrogen and oxygen atoms in total. The third kappa shape index (κ3) is 1.46. The van der Waals surface area contributed by atoms with Crippen molar-refractivity contribution >= 4 is 6.29 Å². The maximum atomic E-state index is 10.6. The van der Waals surface area contributed by atoms with E-state index in [1.807, 2.05) is 23.8 Å². The molecule has 2 aromatic heterocycles. The lowest BCUT2D eigenvalue weighted by molar-refractivity contribution is 0.111. The molecule has 72 valence electrons. The molecule has 0 radical (unpaired) electrons. The van der Waals surface area contributed by atoms with E-state index in [9.17, 15) is 4.79 Å². The number of carbonyl (C=O) groups excluding carboxylic acids is 1. The number of oxazole rings is 1. The van der Waals surface area contributed by atoms with Gasteiger partial charge in [0.05, 0.1) is 12.2 Å². The predicted molar refractivity (Wildman–Crippen MR) is 50.2 cm³/mol. The molecule has 0 N–H and O–H groups in total. The molecule has 0 saturated carbocycles. The van der Waals surface area contributed by atoms with E-state index in [-0.39, 0.29) is 0 Å². The summed E-state index contributed by atoms with van der Waals surface area (Å²) in [5.74, 6) is 0.788. The van der Waals surface area contributed by atoms with Gasteiger partial charge in [0.15, 0.2) is 12.7 Å². The summed E-state index contributed by atoms with van der Waals surface area (Å²) in [4.78, 5) is 14.7. The van der Waals surface area contributed by atoms with Crippen LogP contribution >= 0.6 is 0 Å². The lowest BCUT2D eigenvalue weighted by Gasteiger charge is -2.02. The van der Waals surface area contributed by atoms with Gasteiger partial charge in [-0.05, 0) is 19.1 Å². The summed E-state index contributed by atoms with van der Waals surface area (Å²) < 4.78 is 6.91. The van der Waals surface area contributed by atoms with Crippen LogP contribution in [-0.2, 0) is 6.54 Å². The molecule has 2 heterocycles. The number of aryl methyl sites for hydroxylation is 1. The smallest absolute Gasteiger partial charge is 0.181 e. The van der Waals surface area contributed by atoms with Crippen molar-refractivity contribution in [1.29, 1.82) is 0 Å². The first-order chi connectivity index (χ1) is 6.81. The Labute approximate surface area is 81.2 Å². The van der Waals surface area contributed by atoms with E-state index in [0.29, 0.717) is 12.2 Å². The normalized spacial score (nSPS) is 10.4. The first-order valence-electron chi connectivity index (χ1n) is 4.30. The third-order valence-corrected chi connectivity index (χ3v) is 2.15. The quantitative estimate of drug-likeness (QED) is 0.691. The molecule has 14 heavy (non-hydrogen) atoms. The summed E-state index contributed by atoms with van der Waals surface area (Å²) in [5, 5.41) is 0. The molecule has 0 atom stereocenters. The van der Waals surface area contributed by atoms with E-state index in [4.69, 9.17) is 4.42 Å². The van der Waals surface area contributed by atoms with Crippen molar-refractivity contribution in [2.24, 2.45) is 0 Å². The Morgan fingerprint density at radius 1 is 1.64 bits per heavy atom. The molecule has 2 aromatic rings. The number of rotatable bonds is 3. The lowest BCUT2D eigenvalue weighted by Crippen LogP contribution is -2.03. The second kappa shape index (κ2) is 3.49. The second-order valence-electron chi connectivity index (χ2n) is 3.03. The molecule has 0 amide bonds. The molecule has 0 fully saturated rings. The van der Waals surface area contributed by atoms with E-state index in [1.54, 1.807) is 6.07 Å². The molecular formula is C10H10N2O2. The fourth-order valence-electron chi connectivity index (χ4n) is 1.32. The SMILES string of the molecule is Cc1ocnc1Cn1cccc1C=O. The Bertz CT molecular complexity index is 442.